The predicted molar refractivity (Wildman–Crippen MR) is 159 cm³/mol. The number of carbonyl (C=O) groups excluding carboxylic acids is 1. The fourth-order valence-corrected chi connectivity index (χ4v) is 7.13. The maximum atomic E-state index is 13.8. The molecular formula is C27H29Cl2FN3OS3+. The minimum Gasteiger partial charge on any atom is -0.369 e. The van der Waals surface area contributed by atoms with Crippen LogP contribution in [0.25, 0.3) is 6.08 Å². The molecule has 0 bridgehead atoms. The zero-order chi connectivity index (χ0) is 27.1. The van der Waals surface area contributed by atoms with Crippen molar-refractivity contribution < 1.29 is 13.8 Å². The van der Waals surface area contributed by atoms with E-state index in [1.54, 1.807) is 17.4 Å². The minimum absolute atomic E-state index is 0.293. The molecule has 3 aromatic rings. The van der Waals surface area contributed by atoms with Gasteiger partial charge in [-0.25, -0.2) is 4.39 Å². The fourth-order valence-electron chi connectivity index (χ4n) is 3.47. The lowest BCUT2D eigenvalue weighted by molar-refractivity contribution is -0.685. The van der Waals surface area contributed by atoms with Crippen LogP contribution in [0.4, 0.5) is 10.1 Å². The SMILES string of the molecule is CC.CCN(C)/C(=C/c1scc[n+]1Cc1c(Cl)cccc1Cl)S/C(C=O)=C1/Sc2cc(F)ccc2N1C. The van der Waals surface area contributed by atoms with Crippen molar-refractivity contribution >= 4 is 76.1 Å². The maximum Gasteiger partial charge on any atom is 0.264 e. The fraction of sp³-hybridized carbons (Fsp3) is 0.259. The molecule has 1 aliphatic rings. The summed E-state index contributed by atoms with van der Waals surface area (Å²) in [5.41, 5.74) is 1.74. The lowest BCUT2D eigenvalue weighted by Crippen LogP contribution is -2.35. The van der Waals surface area contributed by atoms with E-state index in [2.05, 4.69) is 22.5 Å². The average Bonchev–Trinajstić information content (AvgIpc) is 3.47. The summed E-state index contributed by atoms with van der Waals surface area (Å²) >= 11 is 17.2. The third-order valence-corrected chi connectivity index (χ3v) is 9.60. The van der Waals surface area contributed by atoms with Crippen LogP contribution in [0.2, 0.25) is 10.0 Å². The summed E-state index contributed by atoms with van der Waals surface area (Å²) in [7, 11) is 3.88. The van der Waals surface area contributed by atoms with Gasteiger partial charge in [0.25, 0.3) is 5.01 Å². The highest BCUT2D eigenvalue weighted by molar-refractivity contribution is 8.09. The lowest BCUT2D eigenvalue weighted by atomic mass is 10.2. The number of carbonyl (C=O) groups is 1. The first-order valence-corrected chi connectivity index (χ1v) is 15.0. The Morgan fingerprint density at radius 3 is 2.57 bits per heavy atom. The second kappa shape index (κ2) is 13.7. The number of thioether (sulfide) groups is 2. The van der Waals surface area contributed by atoms with Gasteiger partial charge >= 0.3 is 0 Å². The Morgan fingerprint density at radius 1 is 1.22 bits per heavy atom. The Kier molecular flexibility index (Phi) is 11.0. The summed E-state index contributed by atoms with van der Waals surface area (Å²) in [4.78, 5) is 17.6. The van der Waals surface area contributed by atoms with Gasteiger partial charge in [-0.1, -0.05) is 78.0 Å². The molecule has 0 spiro atoms. The quantitative estimate of drug-likeness (QED) is 0.148. The number of fused-ring (bicyclic) bond motifs is 1. The number of aromatic nitrogens is 1. The van der Waals surface area contributed by atoms with Gasteiger partial charge in [-0.05, 0) is 37.3 Å². The molecule has 37 heavy (non-hydrogen) atoms. The second-order valence-electron chi connectivity index (χ2n) is 7.73. The molecule has 10 heteroatoms. The molecule has 4 nitrogen and oxygen atoms in total. The van der Waals surface area contributed by atoms with Gasteiger partial charge in [0.05, 0.1) is 47.7 Å². The summed E-state index contributed by atoms with van der Waals surface area (Å²) < 4.78 is 15.8. The van der Waals surface area contributed by atoms with Gasteiger partial charge in [0.1, 0.15) is 5.82 Å². The first-order chi connectivity index (χ1) is 17.8. The second-order valence-corrected chi connectivity index (χ2v) is 11.6. The van der Waals surface area contributed by atoms with Crippen molar-refractivity contribution in [1.82, 2.24) is 4.90 Å². The van der Waals surface area contributed by atoms with Gasteiger partial charge in [0.15, 0.2) is 19.0 Å². The van der Waals surface area contributed by atoms with Crippen LogP contribution in [0.15, 0.2) is 67.8 Å². The van der Waals surface area contributed by atoms with Crippen LogP contribution in [-0.4, -0.2) is 31.8 Å². The van der Waals surface area contributed by atoms with E-state index >= 15 is 0 Å². The number of hydrogen-bond donors (Lipinski definition) is 0. The topological polar surface area (TPSA) is 27.4 Å². The third-order valence-electron chi connectivity index (χ3n) is 5.53. The van der Waals surface area contributed by atoms with Gasteiger partial charge < -0.3 is 9.80 Å². The molecule has 0 saturated heterocycles. The summed E-state index contributed by atoms with van der Waals surface area (Å²) in [6.07, 6.45) is 4.93. The number of rotatable bonds is 8. The normalized spacial score (nSPS) is 14.2. The zero-order valence-corrected chi connectivity index (χ0v) is 25.3. The molecule has 0 radical (unpaired) electrons. The van der Waals surface area contributed by atoms with E-state index in [1.165, 1.54) is 35.7 Å². The van der Waals surface area contributed by atoms with Crippen LogP contribution >= 0.6 is 58.1 Å². The highest BCUT2D eigenvalue weighted by Crippen LogP contribution is 2.48. The smallest absolute Gasteiger partial charge is 0.264 e. The van der Waals surface area contributed by atoms with E-state index in [0.717, 1.165) is 44.0 Å². The van der Waals surface area contributed by atoms with Gasteiger partial charge in [-0.15, -0.1) is 0 Å². The summed E-state index contributed by atoms with van der Waals surface area (Å²) in [5.74, 6) is -0.293. The molecule has 4 rings (SSSR count). The van der Waals surface area contributed by atoms with Crippen LogP contribution in [0.5, 0.6) is 0 Å². The van der Waals surface area contributed by atoms with Crippen molar-refractivity contribution in [1.29, 1.82) is 0 Å². The summed E-state index contributed by atoms with van der Waals surface area (Å²) in [5, 5.41) is 5.95. The van der Waals surface area contributed by atoms with E-state index in [-0.39, 0.29) is 5.82 Å². The number of aldehydes is 1. The summed E-state index contributed by atoms with van der Waals surface area (Å²) in [6, 6.07) is 10.2. The van der Waals surface area contributed by atoms with Crippen molar-refractivity contribution in [3.63, 3.8) is 0 Å². The molecule has 196 valence electrons. The van der Waals surface area contributed by atoms with Gasteiger partial charge in [-0.2, -0.15) is 4.57 Å². The van der Waals surface area contributed by atoms with Crippen molar-refractivity contribution in [2.24, 2.45) is 0 Å². The van der Waals surface area contributed by atoms with Crippen molar-refractivity contribution in [3.05, 3.63) is 89.4 Å². The number of nitrogens with zero attached hydrogens (tertiary/aromatic N) is 3. The molecule has 0 unspecified atom stereocenters. The lowest BCUT2D eigenvalue weighted by Gasteiger charge is -2.21. The molecule has 0 amide bonds. The maximum absolute atomic E-state index is 13.8. The summed E-state index contributed by atoms with van der Waals surface area (Å²) in [6.45, 7) is 7.35. The number of benzene rings is 2. The molecule has 0 fully saturated rings. The van der Waals surface area contributed by atoms with Gasteiger partial charge in [-0.3, -0.25) is 4.79 Å². The molecule has 2 heterocycles. The largest absolute Gasteiger partial charge is 0.369 e. The van der Waals surface area contributed by atoms with Crippen LogP contribution in [-0.2, 0) is 11.3 Å². The molecule has 0 N–H and O–H groups in total. The van der Waals surface area contributed by atoms with E-state index in [4.69, 9.17) is 23.2 Å². The molecule has 0 aliphatic carbocycles. The van der Waals surface area contributed by atoms with Gasteiger partial charge in [0.2, 0.25) is 0 Å². The van der Waals surface area contributed by atoms with E-state index < -0.39 is 0 Å². The van der Waals surface area contributed by atoms with E-state index in [1.807, 2.05) is 62.6 Å². The Labute approximate surface area is 240 Å². The number of thiazole rings is 1. The van der Waals surface area contributed by atoms with Gasteiger partial charge in [0, 0.05) is 25.5 Å². The Morgan fingerprint density at radius 2 is 1.92 bits per heavy atom. The Balaban J connectivity index is 0.00000186. The Bertz CT molecular complexity index is 1310. The highest BCUT2D eigenvalue weighted by atomic mass is 35.5. The number of hydrogen-bond acceptors (Lipinski definition) is 6. The molecule has 1 aliphatic heterocycles. The van der Waals surface area contributed by atoms with Crippen LogP contribution in [0.1, 0.15) is 31.3 Å². The van der Waals surface area contributed by atoms with Crippen molar-refractivity contribution in [2.75, 3.05) is 25.5 Å². The molecule has 0 atom stereocenters. The average molecular weight is 598 g/mol. The molecular weight excluding hydrogens is 568 g/mol. The van der Waals surface area contributed by atoms with Crippen LogP contribution < -0.4 is 9.47 Å². The highest BCUT2D eigenvalue weighted by Gasteiger charge is 2.27. The monoisotopic (exact) mass is 596 g/mol. The first kappa shape index (κ1) is 29.6. The predicted octanol–water partition coefficient (Wildman–Crippen LogP) is 8.15. The Hall–Kier alpha value is -1.97. The molecule has 2 aromatic carbocycles. The van der Waals surface area contributed by atoms with E-state index in [0.29, 0.717) is 21.5 Å². The zero-order valence-electron chi connectivity index (χ0n) is 21.3. The molecule has 0 saturated carbocycles. The van der Waals surface area contributed by atoms with Crippen LogP contribution in [0.3, 0.4) is 0 Å². The van der Waals surface area contributed by atoms with Crippen molar-refractivity contribution in [3.8, 4) is 0 Å². The first-order valence-electron chi connectivity index (χ1n) is 11.7. The standard InChI is InChI=1S/C25H23Cl2FN3OS3.C2H6/c1-4-29(2)23(13-24-31(10-11-33-24)14-17-18(26)6-5-7-19(17)27)34-22(15-32)25-30(3)20-9-8-16(28)12-21(20)35-25;1-2/h5-13,15H,4,14H2,1-3H3;1-2H3/q+1;/b25-22+;. The minimum atomic E-state index is -0.293. The third kappa shape index (κ3) is 6.92. The van der Waals surface area contributed by atoms with Crippen LogP contribution in [0, 0.1) is 5.82 Å². The van der Waals surface area contributed by atoms with E-state index in [9.17, 15) is 9.18 Å². The number of allylic oxidation sites excluding steroid dienone is 1. The number of halogens is 3. The number of anilines is 1. The van der Waals surface area contributed by atoms with Crippen molar-refractivity contribution in [2.45, 2.75) is 32.2 Å². The molecule has 1 aromatic heterocycles.